The van der Waals surface area contributed by atoms with Crippen molar-refractivity contribution < 1.29 is 13.9 Å². The van der Waals surface area contributed by atoms with Crippen molar-refractivity contribution in [2.75, 3.05) is 6.61 Å². The fourth-order valence-electron chi connectivity index (χ4n) is 2.85. The van der Waals surface area contributed by atoms with Crippen LogP contribution in [0.4, 0.5) is 4.39 Å². The van der Waals surface area contributed by atoms with Crippen LogP contribution >= 0.6 is 0 Å². The van der Waals surface area contributed by atoms with E-state index in [0.717, 1.165) is 12.8 Å². The number of ether oxygens (including phenoxy) is 1. The first-order valence-corrected chi connectivity index (χ1v) is 7.00. The molecule has 1 aromatic carbocycles. The summed E-state index contributed by atoms with van der Waals surface area (Å²) in [7, 11) is 0. The van der Waals surface area contributed by atoms with Crippen LogP contribution in [0.2, 0.25) is 0 Å². The topological polar surface area (TPSA) is 26.3 Å². The lowest BCUT2D eigenvalue weighted by Crippen LogP contribution is -2.24. The highest BCUT2D eigenvalue weighted by Crippen LogP contribution is 2.40. The van der Waals surface area contributed by atoms with Crippen LogP contribution in [0.15, 0.2) is 29.3 Å². The molecule has 2 nitrogen and oxygen atoms in total. The lowest BCUT2D eigenvalue weighted by atomic mass is 9.73. The van der Waals surface area contributed by atoms with Gasteiger partial charge in [-0.3, -0.25) is 4.79 Å². The third kappa shape index (κ3) is 3.09. The minimum absolute atomic E-state index is 0.0983. The van der Waals surface area contributed by atoms with Crippen LogP contribution < -0.4 is 4.74 Å². The van der Waals surface area contributed by atoms with Crippen molar-refractivity contribution in [1.82, 2.24) is 0 Å². The summed E-state index contributed by atoms with van der Waals surface area (Å²) in [6.07, 6.45) is 4.09. The maximum absolute atomic E-state index is 13.7. The zero-order valence-corrected chi connectivity index (χ0v) is 12.3. The number of hydrogen-bond acceptors (Lipinski definition) is 2. The van der Waals surface area contributed by atoms with Crippen LogP contribution in [-0.4, -0.2) is 12.9 Å². The smallest absolute Gasteiger partial charge is 0.165 e. The SMILES string of the molecule is CC1=C(COc2cc(C=O)ccc2F)C(C)(C)CCC1. The second-order valence-corrected chi connectivity index (χ2v) is 6.09. The Morgan fingerprint density at radius 2 is 2.15 bits per heavy atom. The van der Waals surface area contributed by atoms with E-state index in [9.17, 15) is 9.18 Å². The van der Waals surface area contributed by atoms with E-state index >= 15 is 0 Å². The molecule has 0 heterocycles. The number of halogens is 1. The van der Waals surface area contributed by atoms with Gasteiger partial charge >= 0.3 is 0 Å². The van der Waals surface area contributed by atoms with Gasteiger partial charge in [0.2, 0.25) is 0 Å². The molecule has 3 heteroatoms. The fourth-order valence-corrected chi connectivity index (χ4v) is 2.85. The third-order valence-electron chi connectivity index (χ3n) is 4.15. The average Bonchev–Trinajstić information content (AvgIpc) is 2.39. The second kappa shape index (κ2) is 5.78. The molecular formula is C17H21FO2. The summed E-state index contributed by atoms with van der Waals surface area (Å²) in [4.78, 5) is 10.7. The van der Waals surface area contributed by atoms with Gasteiger partial charge in [-0.1, -0.05) is 19.4 Å². The molecule has 0 aliphatic heterocycles. The predicted octanol–water partition coefficient (Wildman–Crippen LogP) is 4.54. The molecule has 0 amide bonds. The van der Waals surface area contributed by atoms with Crippen LogP contribution in [0.1, 0.15) is 50.4 Å². The van der Waals surface area contributed by atoms with Gasteiger partial charge in [-0.05, 0) is 55.4 Å². The molecule has 0 unspecified atom stereocenters. The van der Waals surface area contributed by atoms with Gasteiger partial charge in [0.15, 0.2) is 11.6 Å². The van der Waals surface area contributed by atoms with Gasteiger partial charge in [-0.15, -0.1) is 0 Å². The van der Waals surface area contributed by atoms with Crippen molar-refractivity contribution in [2.24, 2.45) is 5.41 Å². The van der Waals surface area contributed by atoms with E-state index < -0.39 is 5.82 Å². The summed E-state index contributed by atoms with van der Waals surface area (Å²) >= 11 is 0. The summed E-state index contributed by atoms with van der Waals surface area (Å²) in [6.45, 7) is 6.91. The monoisotopic (exact) mass is 276 g/mol. The molecule has 1 aliphatic rings. The Balaban J connectivity index is 2.18. The summed E-state index contributed by atoms with van der Waals surface area (Å²) in [6, 6.07) is 4.17. The average molecular weight is 276 g/mol. The van der Waals surface area contributed by atoms with E-state index in [1.807, 2.05) is 0 Å². The number of allylic oxidation sites excluding steroid dienone is 1. The van der Waals surface area contributed by atoms with E-state index in [0.29, 0.717) is 18.5 Å². The van der Waals surface area contributed by atoms with Crippen LogP contribution in [0.25, 0.3) is 0 Å². The molecule has 0 saturated carbocycles. The third-order valence-corrected chi connectivity index (χ3v) is 4.15. The summed E-state index contributed by atoms with van der Waals surface area (Å²) in [5.74, 6) is -0.279. The van der Waals surface area contributed by atoms with Gasteiger partial charge < -0.3 is 4.74 Å². The molecule has 108 valence electrons. The lowest BCUT2D eigenvalue weighted by molar-refractivity contribution is 0.112. The van der Waals surface area contributed by atoms with Crippen molar-refractivity contribution in [3.05, 3.63) is 40.7 Å². The molecule has 1 aliphatic carbocycles. The maximum atomic E-state index is 13.7. The first-order chi connectivity index (χ1) is 9.44. The number of carbonyl (C=O) groups is 1. The molecule has 0 aromatic heterocycles. The number of benzene rings is 1. The lowest BCUT2D eigenvalue weighted by Gasteiger charge is -2.34. The summed E-state index contributed by atoms with van der Waals surface area (Å²) < 4.78 is 19.3. The van der Waals surface area contributed by atoms with E-state index in [2.05, 4.69) is 20.8 Å². The van der Waals surface area contributed by atoms with Crippen LogP contribution in [0.5, 0.6) is 5.75 Å². The Labute approximate surface area is 119 Å². The highest BCUT2D eigenvalue weighted by atomic mass is 19.1. The second-order valence-electron chi connectivity index (χ2n) is 6.09. The zero-order valence-electron chi connectivity index (χ0n) is 12.3. The Bertz CT molecular complexity index is 544. The first kappa shape index (κ1) is 14.8. The Morgan fingerprint density at radius 3 is 2.80 bits per heavy atom. The standard InChI is InChI=1S/C17H21FO2/c1-12-5-4-8-17(2,3)14(12)11-20-16-9-13(10-19)6-7-15(16)18/h6-7,9-10H,4-5,8,11H2,1-3H3. The summed E-state index contributed by atoms with van der Waals surface area (Å²) in [5.41, 5.74) is 3.11. The maximum Gasteiger partial charge on any atom is 0.165 e. The van der Waals surface area contributed by atoms with Crippen molar-refractivity contribution in [1.29, 1.82) is 0 Å². The van der Waals surface area contributed by atoms with Gasteiger partial charge in [-0.25, -0.2) is 4.39 Å². The highest BCUT2D eigenvalue weighted by molar-refractivity contribution is 5.75. The summed E-state index contributed by atoms with van der Waals surface area (Å²) in [5, 5.41) is 0. The molecule has 0 spiro atoms. The van der Waals surface area contributed by atoms with Gasteiger partial charge in [0, 0.05) is 5.56 Å². The van der Waals surface area contributed by atoms with Crippen LogP contribution in [0.3, 0.4) is 0 Å². The van der Waals surface area contributed by atoms with Gasteiger partial charge in [-0.2, -0.15) is 0 Å². The van der Waals surface area contributed by atoms with Gasteiger partial charge in [0.25, 0.3) is 0 Å². The van der Waals surface area contributed by atoms with Crippen molar-refractivity contribution >= 4 is 6.29 Å². The molecule has 0 saturated heterocycles. The zero-order chi connectivity index (χ0) is 14.8. The Morgan fingerprint density at radius 1 is 1.40 bits per heavy atom. The largest absolute Gasteiger partial charge is 0.486 e. The van der Waals surface area contributed by atoms with Crippen molar-refractivity contribution in [2.45, 2.75) is 40.0 Å². The van der Waals surface area contributed by atoms with Crippen LogP contribution in [0, 0.1) is 11.2 Å². The molecule has 20 heavy (non-hydrogen) atoms. The molecule has 1 aromatic rings. The first-order valence-electron chi connectivity index (χ1n) is 7.00. The minimum Gasteiger partial charge on any atom is -0.486 e. The molecule has 0 bridgehead atoms. The Kier molecular flexibility index (Phi) is 4.26. The molecule has 0 fully saturated rings. The number of aldehydes is 1. The highest BCUT2D eigenvalue weighted by Gasteiger charge is 2.28. The normalized spacial score (nSPS) is 18.0. The predicted molar refractivity (Wildman–Crippen MR) is 77.6 cm³/mol. The van der Waals surface area contributed by atoms with E-state index in [1.165, 1.54) is 35.8 Å². The van der Waals surface area contributed by atoms with Crippen molar-refractivity contribution in [3.63, 3.8) is 0 Å². The molecule has 0 N–H and O–H groups in total. The number of hydrogen-bond donors (Lipinski definition) is 0. The quantitative estimate of drug-likeness (QED) is 0.596. The van der Waals surface area contributed by atoms with Gasteiger partial charge in [0.1, 0.15) is 12.9 Å². The van der Waals surface area contributed by atoms with Gasteiger partial charge in [0.05, 0.1) is 0 Å². The van der Waals surface area contributed by atoms with Crippen molar-refractivity contribution in [3.8, 4) is 5.75 Å². The fraction of sp³-hybridized carbons (Fsp3) is 0.471. The molecular weight excluding hydrogens is 255 g/mol. The minimum atomic E-state index is -0.428. The van der Waals surface area contributed by atoms with E-state index in [4.69, 9.17) is 4.74 Å². The van der Waals surface area contributed by atoms with E-state index in [1.54, 1.807) is 0 Å². The number of carbonyl (C=O) groups excluding carboxylic acids is 1. The van der Waals surface area contributed by atoms with Crippen LogP contribution in [-0.2, 0) is 0 Å². The molecule has 2 rings (SSSR count). The molecule has 0 atom stereocenters. The number of rotatable bonds is 4. The Hall–Kier alpha value is -1.64. The molecule has 0 radical (unpaired) electrons. The van der Waals surface area contributed by atoms with E-state index in [-0.39, 0.29) is 11.2 Å².